The molecule has 0 saturated carbocycles. The number of rotatable bonds is 5. The van der Waals surface area contributed by atoms with Gasteiger partial charge in [0.05, 0.1) is 0 Å². The Morgan fingerprint density at radius 2 is 2.00 bits per heavy atom. The highest BCUT2D eigenvalue weighted by Gasteiger charge is 2.10. The molecular formula is C16H13F2N3O2. The number of carbonyl (C=O) groups excluding carboxylic acids is 1. The molecule has 0 spiro atoms. The number of carbonyl (C=O) groups is 1. The number of hydrogen-bond donors (Lipinski definition) is 1. The fourth-order valence-corrected chi connectivity index (χ4v) is 2.11. The maximum absolute atomic E-state index is 12.1. The quantitative estimate of drug-likeness (QED) is 0.787. The van der Waals surface area contributed by atoms with E-state index in [0.29, 0.717) is 11.3 Å². The number of ether oxygens (including phenoxy) is 1. The molecule has 2 heterocycles. The normalized spacial score (nSPS) is 10.9. The summed E-state index contributed by atoms with van der Waals surface area (Å²) in [5.74, 6) is -0.225. The van der Waals surface area contributed by atoms with Crippen molar-refractivity contribution in [1.82, 2.24) is 14.7 Å². The fraction of sp³-hybridized carbons (Fsp3) is 0.125. The predicted molar refractivity (Wildman–Crippen MR) is 79.4 cm³/mol. The largest absolute Gasteiger partial charge is 0.435 e. The molecule has 1 amide bonds. The molecule has 5 nitrogen and oxygen atoms in total. The summed E-state index contributed by atoms with van der Waals surface area (Å²) < 4.78 is 30.1. The molecule has 0 saturated heterocycles. The lowest BCUT2D eigenvalue weighted by Crippen LogP contribution is -2.23. The van der Waals surface area contributed by atoms with Crippen LogP contribution >= 0.6 is 0 Å². The zero-order chi connectivity index (χ0) is 16.2. The van der Waals surface area contributed by atoms with Gasteiger partial charge in [-0.3, -0.25) is 4.79 Å². The monoisotopic (exact) mass is 317 g/mol. The van der Waals surface area contributed by atoms with Crippen molar-refractivity contribution in [2.75, 3.05) is 0 Å². The maximum Gasteiger partial charge on any atom is 0.387 e. The average Bonchev–Trinajstić information content (AvgIpc) is 2.97. The van der Waals surface area contributed by atoms with Gasteiger partial charge in [-0.2, -0.15) is 8.78 Å². The molecule has 0 aliphatic rings. The zero-order valence-electron chi connectivity index (χ0n) is 11.9. The maximum atomic E-state index is 12.1. The Bertz CT molecular complexity index is 783. The highest BCUT2D eigenvalue weighted by molar-refractivity contribution is 5.92. The molecule has 2 aromatic heterocycles. The average molecular weight is 317 g/mol. The lowest BCUT2D eigenvalue weighted by molar-refractivity contribution is -0.0498. The molecule has 3 rings (SSSR count). The van der Waals surface area contributed by atoms with Crippen molar-refractivity contribution >= 4 is 11.6 Å². The second-order valence-corrected chi connectivity index (χ2v) is 4.80. The summed E-state index contributed by atoms with van der Waals surface area (Å²) in [6.45, 7) is -2.59. The van der Waals surface area contributed by atoms with E-state index in [2.05, 4.69) is 15.0 Å². The van der Waals surface area contributed by atoms with Crippen LogP contribution in [0.15, 0.2) is 54.9 Å². The van der Waals surface area contributed by atoms with Crippen LogP contribution in [0, 0.1) is 0 Å². The second-order valence-electron chi connectivity index (χ2n) is 4.80. The van der Waals surface area contributed by atoms with Crippen molar-refractivity contribution < 1.29 is 18.3 Å². The number of hydrogen-bond acceptors (Lipinski definition) is 3. The highest BCUT2D eigenvalue weighted by Crippen LogP contribution is 2.15. The zero-order valence-corrected chi connectivity index (χ0v) is 11.9. The summed E-state index contributed by atoms with van der Waals surface area (Å²) in [6.07, 6.45) is 3.45. The van der Waals surface area contributed by atoms with Gasteiger partial charge in [-0.25, -0.2) is 4.98 Å². The van der Waals surface area contributed by atoms with Gasteiger partial charge in [-0.05, 0) is 29.8 Å². The van der Waals surface area contributed by atoms with Gasteiger partial charge in [0.1, 0.15) is 17.1 Å². The van der Waals surface area contributed by atoms with Crippen LogP contribution in [0.25, 0.3) is 5.65 Å². The van der Waals surface area contributed by atoms with E-state index in [1.54, 1.807) is 35.0 Å². The van der Waals surface area contributed by atoms with Gasteiger partial charge in [-0.15, -0.1) is 0 Å². The lowest BCUT2D eigenvalue weighted by atomic mass is 10.2. The summed E-state index contributed by atoms with van der Waals surface area (Å²) >= 11 is 0. The Hall–Kier alpha value is -2.96. The van der Waals surface area contributed by atoms with Crippen molar-refractivity contribution in [3.05, 3.63) is 66.1 Å². The molecule has 7 heteroatoms. The third-order valence-electron chi connectivity index (χ3n) is 3.20. The van der Waals surface area contributed by atoms with Crippen molar-refractivity contribution in [1.29, 1.82) is 0 Å². The van der Waals surface area contributed by atoms with Crippen LogP contribution in [-0.4, -0.2) is 21.9 Å². The number of pyridine rings is 1. The number of aromatic nitrogens is 2. The predicted octanol–water partition coefficient (Wildman–Crippen LogP) is 2.87. The Morgan fingerprint density at radius 3 is 2.70 bits per heavy atom. The molecule has 1 N–H and O–H groups in total. The van der Waals surface area contributed by atoms with E-state index in [1.807, 2.05) is 12.1 Å². The van der Waals surface area contributed by atoms with Gasteiger partial charge in [0.25, 0.3) is 5.91 Å². The topological polar surface area (TPSA) is 55.6 Å². The van der Waals surface area contributed by atoms with E-state index in [9.17, 15) is 13.6 Å². The van der Waals surface area contributed by atoms with Crippen LogP contribution in [0.2, 0.25) is 0 Å². The van der Waals surface area contributed by atoms with E-state index >= 15 is 0 Å². The molecule has 3 aromatic rings. The Morgan fingerprint density at radius 1 is 1.22 bits per heavy atom. The van der Waals surface area contributed by atoms with Gasteiger partial charge >= 0.3 is 6.61 Å². The van der Waals surface area contributed by atoms with E-state index < -0.39 is 6.61 Å². The van der Waals surface area contributed by atoms with Crippen LogP contribution in [0.4, 0.5) is 8.78 Å². The van der Waals surface area contributed by atoms with Crippen LogP contribution in [-0.2, 0) is 6.54 Å². The first-order valence-electron chi connectivity index (χ1n) is 6.87. The Labute approximate surface area is 130 Å². The van der Waals surface area contributed by atoms with Crippen LogP contribution in [0.5, 0.6) is 5.75 Å². The molecule has 23 heavy (non-hydrogen) atoms. The molecule has 0 unspecified atom stereocenters. The molecule has 0 radical (unpaired) electrons. The number of nitrogens with one attached hydrogen (secondary N) is 1. The fourth-order valence-electron chi connectivity index (χ4n) is 2.11. The molecule has 0 aliphatic heterocycles. The number of fused-ring (bicyclic) bond motifs is 1. The molecule has 0 aliphatic carbocycles. The molecule has 118 valence electrons. The van der Waals surface area contributed by atoms with Crippen molar-refractivity contribution in [3.8, 4) is 5.75 Å². The number of amides is 1. The van der Waals surface area contributed by atoms with E-state index in [1.165, 1.54) is 12.1 Å². The first-order chi connectivity index (χ1) is 11.1. The first-order valence-corrected chi connectivity index (χ1v) is 6.87. The second kappa shape index (κ2) is 6.43. The number of alkyl halides is 2. The standard InChI is InChI=1S/C16H13F2N3O2/c17-16(18)23-12-6-4-11(5-7-12)9-19-15(22)13-10-21-8-2-1-3-14(21)20-13/h1-8,10,16H,9H2,(H,19,22). The lowest BCUT2D eigenvalue weighted by Gasteiger charge is -2.06. The van der Waals surface area contributed by atoms with Gasteiger partial charge in [0, 0.05) is 18.9 Å². The van der Waals surface area contributed by atoms with Gasteiger partial charge in [-0.1, -0.05) is 18.2 Å². The molecule has 0 bridgehead atoms. The first kappa shape index (κ1) is 15.0. The van der Waals surface area contributed by atoms with E-state index in [4.69, 9.17) is 0 Å². The number of nitrogens with zero attached hydrogens (tertiary/aromatic N) is 2. The number of halogens is 2. The SMILES string of the molecule is O=C(NCc1ccc(OC(F)F)cc1)c1cn2ccccc2n1. The van der Waals surface area contributed by atoms with Gasteiger partial charge < -0.3 is 14.5 Å². The Kier molecular flexibility index (Phi) is 4.18. The minimum Gasteiger partial charge on any atom is -0.435 e. The van der Waals surface area contributed by atoms with Crippen LogP contribution in [0.3, 0.4) is 0 Å². The summed E-state index contributed by atoms with van der Waals surface area (Å²) in [6, 6.07) is 11.6. The van der Waals surface area contributed by atoms with Crippen molar-refractivity contribution in [3.63, 3.8) is 0 Å². The third kappa shape index (κ3) is 3.63. The van der Waals surface area contributed by atoms with Crippen LogP contribution in [0.1, 0.15) is 16.1 Å². The molecular weight excluding hydrogens is 304 g/mol. The summed E-state index contributed by atoms with van der Waals surface area (Å²) in [5, 5.41) is 2.73. The van der Waals surface area contributed by atoms with E-state index in [-0.39, 0.29) is 18.2 Å². The molecule has 1 aromatic carbocycles. The van der Waals surface area contributed by atoms with Gasteiger partial charge in [0.15, 0.2) is 0 Å². The smallest absolute Gasteiger partial charge is 0.387 e. The number of imidazole rings is 1. The van der Waals surface area contributed by atoms with Crippen LogP contribution < -0.4 is 10.1 Å². The van der Waals surface area contributed by atoms with E-state index in [0.717, 1.165) is 5.56 Å². The van der Waals surface area contributed by atoms with Gasteiger partial charge in [0.2, 0.25) is 0 Å². The summed E-state index contributed by atoms with van der Waals surface area (Å²) in [7, 11) is 0. The molecule has 0 atom stereocenters. The minimum atomic E-state index is -2.85. The summed E-state index contributed by atoms with van der Waals surface area (Å²) in [5.41, 5.74) is 1.77. The highest BCUT2D eigenvalue weighted by atomic mass is 19.3. The minimum absolute atomic E-state index is 0.0791. The number of benzene rings is 1. The summed E-state index contributed by atoms with van der Waals surface area (Å²) in [4.78, 5) is 16.3. The molecule has 0 fully saturated rings. The Balaban J connectivity index is 1.62. The van der Waals surface area contributed by atoms with Crippen molar-refractivity contribution in [2.45, 2.75) is 13.2 Å². The third-order valence-corrected chi connectivity index (χ3v) is 3.20. The van der Waals surface area contributed by atoms with Crippen molar-refractivity contribution in [2.24, 2.45) is 0 Å².